The number of aromatic nitrogens is 3. The fourth-order valence-corrected chi connectivity index (χ4v) is 4.01. The van der Waals surface area contributed by atoms with Gasteiger partial charge in [0, 0.05) is 55.5 Å². The van der Waals surface area contributed by atoms with Crippen molar-refractivity contribution >= 4 is 51.6 Å². The van der Waals surface area contributed by atoms with E-state index in [2.05, 4.69) is 54.6 Å². The van der Waals surface area contributed by atoms with Gasteiger partial charge in [0.25, 0.3) is 0 Å². The molecule has 0 bridgehead atoms. The number of aromatic amines is 1. The first kappa shape index (κ1) is 22.9. The second kappa shape index (κ2) is 10.2. The first-order valence-electron chi connectivity index (χ1n) is 11.4. The zero-order valence-electron chi connectivity index (χ0n) is 19.3. The van der Waals surface area contributed by atoms with Crippen LogP contribution in [0.4, 0.5) is 23.0 Å². The average molecular weight is 492 g/mol. The number of nitrogens with one attached hydrogen (secondary N) is 3. The van der Waals surface area contributed by atoms with Crippen LogP contribution in [-0.4, -0.2) is 64.9 Å². The lowest BCUT2D eigenvalue weighted by Crippen LogP contribution is -2.44. The summed E-state index contributed by atoms with van der Waals surface area (Å²) in [6.07, 6.45) is 1.79. The Balaban J connectivity index is 1.34. The topological polar surface area (TPSA) is 98.4 Å². The molecule has 0 saturated carbocycles. The van der Waals surface area contributed by atoms with Crippen LogP contribution in [0.1, 0.15) is 0 Å². The summed E-state index contributed by atoms with van der Waals surface area (Å²) >= 11 is 5.59. The van der Waals surface area contributed by atoms with Crippen molar-refractivity contribution in [2.45, 2.75) is 0 Å². The van der Waals surface area contributed by atoms with Crippen LogP contribution < -0.4 is 20.3 Å². The molecule has 2 aromatic heterocycles. The number of nitrogens with zero attached hydrogens (tertiary/aromatic N) is 4. The third-order valence-electron chi connectivity index (χ3n) is 5.83. The molecule has 0 unspecified atom stereocenters. The molecule has 35 heavy (non-hydrogen) atoms. The van der Waals surface area contributed by atoms with E-state index in [4.69, 9.17) is 16.3 Å². The summed E-state index contributed by atoms with van der Waals surface area (Å²) in [4.78, 5) is 28.6. The van der Waals surface area contributed by atoms with Crippen LogP contribution in [-0.2, 0) is 4.79 Å². The van der Waals surface area contributed by atoms with Crippen LogP contribution in [0.2, 0.25) is 0 Å². The van der Waals surface area contributed by atoms with E-state index in [0.717, 1.165) is 37.3 Å². The molecule has 180 valence electrons. The van der Waals surface area contributed by atoms with Gasteiger partial charge >= 0.3 is 0 Å². The molecule has 10 heteroatoms. The van der Waals surface area contributed by atoms with E-state index in [0.29, 0.717) is 28.9 Å². The van der Waals surface area contributed by atoms with Gasteiger partial charge in [-0.2, -0.15) is 9.97 Å². The molecule has 4 aromatic rings. The second-order valence-corrected chi connectivity index (χ2v) is 8.63. The number of fused-ring (bicyclic) bond motifs is 1. The van der Waals surface area contributed by atoms with Gasteiger partial charge in [0.2, 0.25) is 17.7 Å². The number of ether oxygens (including phenoxy) is 1. The van der Waals surface area contributed by atoms with E-state index >= 15 is 0 Å². The Kier molecular flexibility index (Phi) is 6.69. The van der Waals surface area contributed by atoms with Crippen molar-refractivity contribution < 1.29 is 9.53 Å². The normalized spacial score (nSPS) is 14.2. The molecule has 1 amide bonds. The molecule has 1 aliphatic heterocycles. The number of hydrogen-bond donors (Lipinski definition) is 3. The van der Waals surface area contributed by atoms with Gasteiger partial charge in [-0.3, -0.25) is 4.79 Å². The SMILES string of the molecule is CN1CCN(c2ccc(Nc3nc(Oc4cccc(NC(=O)CCl)c4)c4cc[nH]c4n3)cc2)CC1. The van der Waals surface area contributed by atoms with E-state index in [9.17, 15) is 4.79 Å². The predicted octanol–water partition coefficient (Wildman–Crippen LogP) is 4.42. The maximum atomic E-state index is 11.6. The van der Waals surface area contributed by atoms with Crippen LogP contribution in [0.25, 0.3) is 11.0 Å². The minimum Gasteiger partial charge on any atom is -0.438 e. The minimum atomic E-state index is -0.288. The number of carbonyl (C=O) groups excluding carboxylic acids is 1. The van der Waals surface area contributed by atoms with E-state index in [-0.39, 0.29) is 11.8 Å². The van der Waals surface area contributed by atoms with E-state index < -0.39 is 0 Å². The second-order valence-electron chi connectivity index (χ2n) is 8.37. The highest BCUT2D eigenvalue weighted by Crippen LogP contribution is 2.30. The van der Waals surface area contributed by atoms with Crippen molar-refractivity contribution in [3.05, 3.63) is 60.8 Å². The van der Waals surface area contributed by atoms with Crippen LogP contribution >= 0.6 is 11.6 Å². The molecule has 1 fully saturated rings. The summed E-state index contributed by atoms with van der Waals surface area (Å²) in [6.45, 7) is 4.17. The maximum absolute atomic E-state index is 11.6. The molecule has 9 nitrogen and oxygen atoms in total. The molecule has 3 N–H and O–H groups in total. The van der Waals surface area contributed by atoms with Gasteiger partial charge in [0.05, 0.1) is 5.39 Å². The number of anilines is 4. The smallest absolute Gasteiger partial charge is 0.239 e. The van der Waals surface area contributed by atoms with Crippen molar-refractivity contribution in [1.82, 2.24) is 19.9 Å². The van der Waals surface area contributed by atoms with Crippen molar-refractivity contribution in [2.75, 3.05) is 54.6 Å². The predicted molar refractivity (Wildman–Crippen MR) is 139 cm³/mol. The maximum Gasteiger partial charge on any atom is 0.239 e. The van der Waals surface area contributed by atoms with Crippen molar-refractivity contribution in [1.29, 1.82) is 0 Å². The molecule has 1 aliphatic rings. The quantitative estimate of drug-likeness (QED) is 0.329. The van der Waals surface area contributed by atoms with Crippen LogP contribution in [0.3, 0.4) is 0 Å². The summed E-state index contributed by atoms with van der Waals surface area (Å²) in [7, 11) is 2.15. The molecular formula is C25H26ClN7O2. The summed E-state index contributed by atoms with van der Waals surface area (Å²) in [5, 5.41) is 6.74. The Bertz CT molecular complexity index is 1320. The number of rotatable bonds is 7. The first-order chi connectivity index (χ1) is 17.1. The molecular weight excluding hydrogens is 466 g/mol. The third-order valence-corrected chi connectivity index (χ3v) is 6.07. The molecule has 0 radical (unpaired) electrons. The van der Waals surface area contributed by atoms with Gasteiger partial charge in [0.15, 0.2) is 0 Å². The standard InChI is InChI=1S/C25H26ClN7O2/c1-32-11-13-33(14-12-32)19-7-5-17(6-8-19)29-25-30-23-21(9-10-27-23)24(31-25)35-20-4-2-3-18(15-20)28-22(34)16-26/h2-10,15H,11-14,16H2,1H3,(H,28,34)(H2,27,29,30,31). The minimum absolute atomic E-state index is 0.119. The lowest BCUT2D eigenvalue weighted by atomic mass is 10.2. The highest BCUT2D eigenvalue weighted by atomic mass is 35.5. The van der Waals surface area contributed by atoms with E-state index in [1.807, 2.05) is 18.2 Å². The number of carbonyl (C=O) groups is 1. The van der Waals surface area contributed by atoms with Gasteiger partial charge in [-0.05, 0) is 49.5 Å². The van der Waals surface area contributed by atoms with Gasteiger partial charge < -0.3 is 30.2 Å². The monoisotopic (exact) mass is 491 g/mol. The number of benzene rings is 2. The van der Waals surface area contributed by atoms with Crippen LogP contribution in [0.15, 0.2) is 60.8 Å². The Morgan fingerprint density at radius 2 is 1.86 bits per heavy atom. The first-order valence-corrected chi connectivity index (χ1v) is 11.9. The number of halogens is 1. The lowest BCUT2D eigenvalue weighted by Gasteiger charge is -2.34. The average Bonchev–Trinajstić information content (AvgIpc) is 3.34. The van der Waals surface area contributed by atoms with Crippen molar-refractivity contribution in [3.8, 4) is 11.6 Å². The molecule has 3 heterocycles. The number of likely N-dealkylation sites (N-methyl/N-ethyl adjacent to an activating group) is 1. The Labute approximate surface area is 208 Å². The number of H-pyrrole nitrogens is 1. The van der Waals surface area contributed by atoms with Crippen LogP contribution in [0.5, 0.6) is 11.6 Å². The van der Waals surface area contributed by atoms with Gasteiger partial charge in [-0.15, -0.1) is 11.6 Å². The zero-order valence-corrected chi connectivity index (χ0v) is 20.0. The number of piperazine rings is 1. The van der Waals surface area contributed by atoms with E-state index in [1.54, 1.807) is 30.5 Å². The van der Waals surface area contributed by atoms with Gasteiger partial charge in [0.1, 0.15) is 17.3 Å². The Morgan fingerprint density at radius 1 is 1.06 bits per heavy atom. The Morgan fingerprint density at radius 3 is 2.63 bits per heavy atom. The molecule has 0 spiro atoms. The van der Waals surface area contributed by atoms with Gasteiger partial charge in [-0.25, -0.2) is 0 Å². The number of amides is 1. The molecule has 0 aliphatic carbocycles. The van der Waals surface area contributed by atoms with Gasteiger partial charge in [-0.1, -0.05) is 6.07 Å². The summed E-state index contributed by atoms with van der Waals surface area (Å²) < 4.78 is 6.09. The van der Waals surface area contributed by atoms with Crippen molar-refractivity contribution in [2.24, 2.45) is 0 Å². The largest absolute Gasteiger partial charge is 0.438 e. The Hall–Kier alpha value is -3.82. The molecule has 0 atom stereocenters. The fraction of sp³-hybridized carbons (Fsp3) is 0.240. The molecule has 2 aromatic carbocycles. The highest BCUT2D eigenvalue weighted by molar-refractivity contribution is 6.29. The summed E-state index contributed by atoms with van der Waals surface area (Å²) in [6, 6.07) is 17.2. The number of alkyl halides is 1. The van der Waals surface area contributed by atoms with Crippen LogP contribution in [0, 0.1) is 0 Å². The highest BCUT2D eigenvalue weighted by Gasteiger charge is 2.15. The van der Waals surface area contributed by atoms with Crippen molar-refractivity contribution in [3.63, 3.8) is 0 Å². The molecule has 5 rings (SSSR count). The number of hydrogen-bond acceptors (Lipinski definition) is 7. The fourth-order valence-electron chi connectivity index (χ4n) is 3.94. The lowest BCUT2D eigenvalue weighted by molar-refractivity contribution is -0.113. The zero-order chi connectivity index (χ0) is 24.2. The summed E-state index contributed by atoms with van der Waals surface area (Å²) in [5.74, 6) is 0.930. The molecule has 1 saturated heterocycles. The van der Waals surface area contributed by atoms with E-state index in [1.165, 1.54) is 5.69 Å². The third kappa shape index (κ3) is 5.47. The summed E-state index contributed by atoms with van der Waals surface area (Å²) in [5.41, 5.74) is 3.32.